The van der Waals surface area contributed by atoms with Crippen LogP contribution in [0.3, 0.4) is 0 Å². The van der Waals surface area contributed by atoms with Crippen molar-refractivity contribution < 1.29 is 14.3 Å². The number of ether oxygens (including phenoxy) is 1. The van der Waals surface area contributed by atoms with Crippen LogP contribution < -0.4 is 10.6 Å². The molecule has 100 valence electrons. The first-order valence-electron chi connectivity index (χ1n) is 5.32. The number of halogens is 1. The molecule has 2 N–H and O–H groups in total. The van der Waals surface area contributed by atoms with Gasteiger partial charge < -0.3 is 15.4 Å². The Kier molecular flexibility index (Phi) is 6.11. The third-order valence-electron chi connectivity index (χ3n) is 2.14. The Hall–Kier alpha value is -1.11. The number of rotatable bonds is 6. The molecule has 1 aromatic heterocycles. The number of amides is 1. The molecule has 1 atom stereocenters. The van der Waals surface area contributed by atoms with Crippen LogP contribution in [0.2, 0.25) is 4.34 Å². The summed E-state index contributed by atoms with van der Waals surface area (Å²) < 4.78 is 5.33. The van der Waals surface area contributed by atoms with Crippen LogP contribution in [0, 0.1) is 0 Å². The first-order valence-corrected chi connectivity index (χ1v) is 6.52. The Bertz CT molecular complexity index is 422. The number of carbonyl (C=O) groups excluding carboxylic acids is 2. The lowest BCUT2D eigenvalue weighted by molar-refractivity contribution is -0.144. The molecule has 0 aromatic carbocycles. The topological polar surface area (TPSA) is 67.4 Å². The van der Waals surface area contributed by atoms with E-state index in [1.54, 1.807) is 0 Å². The molecule has 1 amide bonds. The molecule has 0 fully saturated rings. The van der Waals surface area contributed by atoms with Crippen molar-refractivity contribution in [1.29, 1.82) is 0 Å². The molecule has 0 aliphatic rings. The summed E-state index contributed by atoms with van der Waals surface area (Å²) in [5.74, 6) is -0.742. The summed E-state index contributed by atoms with van der Waals surface area (Å²) in [6, 6.07) is 3.04. The zero-order chi connectivity index (χ0) is 13.5. The molecule has 1 rings (SSSR count). The van der Waals surface area contributed by atoms with Gasteiger partial charge in [0.1, 0.15) is 6.04 Å². The SMILES string of the molecule is COC(=O)C(CNCc1ccc(Cl)s1)NC(C)=O. The maximum absolute atomic E-state index is 11.4. The first-order chi connectivity index (χ1) is 8.52. The van der Waals surface area contributed by atoms with Gasteiger partial charge in [0.05, 0.1) is 11.4 Å². The molecule has 1 aromatic rings. The first kappa shape index (κ1) is 14.9. The molecule has 0 saturated heterocycles. The molecule has 0 spiro atoms. The fraction of sp³-hybridized carbons (Fsp3) is 0.455. The fourth-order valence-corrected chi connectivity index (χ4v) is 2.42. The van der Waals surface area contributed by atoms with Crippen LogP contribution >= 0.6 is 22.9 Å². The number of nitrogens with one attached hydrogen (secondary N) is 2. The molecular formula is C11H15ClN2O3S. The minimum absolute atomic E-state index is 0.272. The lowest BCUT2D eigenvalue weighted by Crippen LogP contribution is -2.46. The number of esters is 1. The van der Waals surface area contributed by atoms with Crippen LogP contribution in [-0.2, 0) is 20.9 Å². The second-order valence-corrected chi connectivity index (χ2v) is 5.41. The Morgan fingerprint density at radius 3 is 2.72 bits per heavy atom. The van der Waals surface area contributed by atoms with Gasteiger partial charge in [0.2, 0.25) is 5.91 Å². The van der Waals surface area contributed by atoms with E-state index in [0.717, 1.165) is 9.21 Å². The van der Waals surface area contributed by atoms with Crippen molar-refractivity contribution in [2.45, 2.75) is 19.5 Å². The van der Waals surface area contributed by atoms with Crippen LogP contribution in [0.1, 0.15) is 11.8 Å². The van der Waals surface area contributed by atoms with E-state index in [9.17, 15) is 9.59 Å². The summed E-state index contributed by atoms with van der Waals surface area (Å²) in [5, 5.41) is 5.60. The average Bonchev–Trinajstić information content (AvgIpc) is 2.72. The van der Waals surface area contributed by atoms with E-state index in [1.807, 2.05) is 12.1 Å². The van der Waals surface area contributed by atoms with E-state index in [-0.39, 0.29) is 5.91 Å². The molecule has 0 radical (unpaired) electrons. The fourth-order valence-electron chi connectivity index (χ4n) is 1.37. The summed E-state index contributed by atoms with van der Waals surface area (Å²) in [6.07, 6.45) is 0. The van der Waals surface area contributed by atoms with E-state index in [1.165, 1.54) is 25.4 Å². The minimum Gasteiger partial charge on any atom is -0.467 e. The molecule has 18 heavy (non-hydrogen) atoms. The van der Waals surface area contributed by atoms with E-state index in [2.05, 4.69) is 15.4 Å². The van der Waals surface area contributed by atoms with E-state index >= 15 is 0 Å². The summed E-state index contributed by atoms with van der Waals surface area (Å²) in [4.78, 5) is 23.4. The number of hydrogen-bond donors (Lipinski definition) is 2. The molecule has 0 aliphatic heterocycles. The smallest absolute Gasteiger partial charge is 0.329 e. The normalized spacial score (nSPS) is 11.9. The second-order valence-electron chi connectivity index (χ2n) is 3.61. The van der Waals surface area contributed by atoms with Crippen molar-refractivity contribution in [2.24, 2.45) is 0 Å². The largest absolute Gasteiger partial charge is 0.467 e. The van der Waals surface area contributed by atoms with Crippen molar-refractivity contribution in [2.75, 3.05) is 13.7 Å². The van der Waals surface area contributed by atoms with Gasteiger partial charge in [-0.25, -0.2) is 4.79 Å². The van der Waals surface area contributed by atoms with E-state index < -0.39 is 12.0 Å². The van der Waals surface area contributed by atoms with Gasteiger partial charge in [0, 0.05) is 24.9 Å². The van der Waals surface area contributed by atoms with Gasteiger partial charge >= 0.3 is 5.97 Å². The zero-order valence-corrected chi connectivity index (χ0v) is 11.7. The summed E-state index contributed by atoms with van der Waals surface area (Å²) >= 11 is 7.27. The lowest BCUT2D eigenvalue weighted by atomic mass is 10.3. The Labute approximate surface area is 114 Å². The molecule has 0 aliphatic carbocycles. The highest BCUT2D eigenvalue weighted by atomic mass is 35.5. The monoisotopic (exact) mass is 290 g/mol. The molecule has 5 nitrogen and oxygen atoms in total. The van der Waals surface area contributed by atoms with Crippen LogP contribution in [0.15, 0.2) is 12.1 Å². The van der Waals surface area contributed by atoms with Gasteiger partial charge in [-0.2, -0.15) is 0 Å². The predicted octanol–water partition coefficient (Wildman–Crippen LogP) is 1.17. The third kappa shape index (κ3) is 5.03. The van der Waals surface area contributed by atoms with E-state index in [4.69, 9.17) is 11.6 Å². The number of carbonyl (C=O) groups is 2. The Morgan fingerprint density at radius 1 is 1.50 bits per heavy atom. The average molecular weight is 291 g/mol. The van der Waals surface area contributed by atoms with Crippen LogP contribution in [0.4, 0.5) is 0 Å². The molecule has 1 unspecified atom stereocenters. The van der Waals surface area contributed by atoms with Crippen molar-refractivity contribution in [1.82, 2.24) is 10.6 Å². The second kappa shape index (κ2) is 7.35. The van der Waals surface area contributed by atoms with Gasteiger partial charge in [-0.3, -0.25) is 4.79 Å². The number of hydrogen-bond acceptors (Lipinski definition) is 5. The number of methoxy groups -OCH3 is 1. The molecule has 0 saturated carbocycles. The molecule has 0 bridgehead atoms. The molecular weight excluding hydrogens is 276 g/mol. The maximum Gasteiger partial charge on any atom is 0.329 e. The predicted molar refractivity (Wildman–Crippen MR) is 70.7 cm³/mol. The Balaban J connectivity index is 2.41. The highest BCUT2D eigenvalue weighted by Crippen LogP contribution is 2.20. The van der Waals surface area contributed by atoms with Crippen LogP contribution in [-0.4, -0.2) is 31.6 Å². The van der Waals surface area contributed by atoms with Crippen LogP contribution in [0.25, 0.3) is 0 Å². The summed E-state index contributed by atoms with van der Waals surface area (Å²) in [6.45, 7) is 2.25. The molecule has 7 heteroatoms. The minimum atomic E-state index is -0.678. The third-order valence-corrected chi connectivity index (χ3v) is 3.37. The summed E-state index contributed by atoms with van der Waals surface area (Å²) in [7, 11) is 1.29. The van der Waals surface area contributed by atoms with Gasteiger partial charge in [-0.15, -0.1) is 11.3 Å². The van der Waals surface area contributed by atoms with Crippen LogP contribution in [0.5, 0.6) is 0 Å². The standard InChI is InChI=1S/C11H15ClN2O3S/c1-7(15)14-9(11(16)17-2)6-13-5-8-3-4-10(12)18-8/h3-4,9,13H,5-6H2,1-2H3,(H,14,15). The van der Waals surface area contributed by atoms with Crippen molar-refractivity contribution in [3.8, 4) is 0 Å². The van der Waals surface area contributed by atoms with Gasteiger partial charge in [-0.1, -0.05) is 11.6 Å². The van der Waals surface area contributed by atoms with Crippen molar-refractivity contribution in [3.05, 3.63) is 21.3 Å². The van der Waals surface area contributed by atoms with E-state index in [0.29, 0.717) is 13.1 Å². The summed E-state index contributed by atoms with van der Waals surface area (Å²) in [5.41, 5.74) is 0. The van der Waals surface area contributed by atoms with Gasteiger partial charge in [0.15, 0.2) is 0 Å². The zero-order valence-electron chi connectivity index (χ0n) is 10.2. The Morgan fingerprint density at radius 2 is 2.22 bits per heavy atom. The van der Waals surface area contributed by atoms with Crippen molar-refractivity contribution in [3.63, 3.8) is 0 Å². The number of thiophene rings is 1. The van der Waals surface area contributed by atoms with Crippen molar-refractivity contribution >= 4 is 34.8 Å². The van der Waals surface area contributed by atoms with Gasteiger partial charge in [-0.05, 0) is 12.1 Å². The molecule has 1 heterocycles. The quantitative estimate of drug-likeness (QED) is 0.772. The highest BCUT2D eigenvalue weighted by Gasteiger charge is 2.19. The van der Waals surface area contributed by atoms with Gasteiger partial charge in [0.25, 0.3) is 0 Å². The lowest BCUT2D eigenvalue weighted by Gasteiger charge is -2.15. The maximum atomic E-state index is 11.4. The highest BCUT2D eigenvalue weighted by molar-refractivity contribution is 7.16.